The number of methoxy groups -OCH3 is 1. The molecule has 2 aromatic rings. The van der Waals surface area contributed by atoms with E-state index in [1.807, 2.05) is 41.2 Å². The molecule has 0 unspecified atom stereocenters. The van der Waals surface area contributed by atoms with Crippen molar-refractivity contribution < 1.29 is 9.53 Å². The molecule has 0 radical (unpaired) electrons. The molecule has 0 aliphatic heterocycles. The van der Waals surface area contributed by atoms with Crippen molar-refractivity contribution in [3.8, 4) is 5.75 Å². The van der Waals surface area contributed by atoms with Crippen molar-refractivity contribution in [3.63, 3.8) is 0 Å². The molecule has 0 saturated carbocycles. The Morgan fingerprint density at radius 3 is 2.61 bits per heavy atom. The summed E-state index contributed by atoms with van der Waals surface area (Å²) in [7, 11) is 5.11. The number of amides is 1. The number of carbonyl (C=O) groups excluding carboxylic acids is 1. The summed E-state index contributed by atoms with van der Waals surface area (Å²) in [4.78, 5) is 18.0. The van der Waals surface area contributed by atoms with Crippen LogP contribution in [-0.2, 0) is 17.9 Å². The van der Waals surface area contributed by atoms with E-state index in [1.54, 1.807) is 32.3 Å². The number of ether oxygens (including phenoxy) is 1. The normalized spacial score (nSPS) is 10.8. The molecule has 8 nitrogen and oxygen atoms in total. The Labute approximate surface area is 183 Å². The molecule has 2 N–H and O–H groups in total. The number of rotatable bonds is 9. The van der Waals surface area contributed by atoms with Gasteiger partial charge in [-0.1, -0.05) is 12.1 Å². The van der Waals surface area contributed by atoms with E-state index in [-0.39, 0.29) is 36.4 Å². The summed E-state index contributed by atoms with van der Waals surface area (Å²) in [6.45, 7) is 2.25. The van der Waals surface area contributed by atoms with Crippen molar-refractivity contribution in [2.75, 3.05) is 34.3 Å². The van der Waals surface area contributed by atoms with Crippen LogP contribution in [0.5, 0.6) is 5.75 Å². The summed E-state index contributed by atoms with van der Waals surface area (Å²) < 4.78 is 7.06. The summed E-state index contributed by atoms with van der Waals surface area (Å²) in [5.74, 6) is 1.42. The molecule has 1 aromatic carbocycles. The third-order valence-corrected chi connectivity index (χ3v) is 3.90. The van der Waals surface area contributed by atoms with Crippen LogP contribution in [0.3, 0.4) is 0 Å². The molecule has 0 saturated heterocycles. The van der Waals surface area contributed by atoms with E-state index < -0.39 is 0 Å². The summed E-state index contributed by atoms with van der Waals surface area (Å²) in [6, 6.07) is 9.67. The van der Waals surface area contributed by atoms with E-state index in [0.29, 0.717) is 12.5 Å². The predicted octanol–water partition coefficient (Wildman–Crippen LogP) is 1.72. The van der Waals surface area contributed by atoms with E-state index in [9.17, 15) is 4.79 Å². The maximum atomic E-state index is 11.8. The molecule has 1 amide bonds. The van der Waals surface area contributed by atoms with Crippen molar-refractivity contribution in [1.29, 1.82) is 0 Å². The summed E-state index contributed by atoms with van der Waals surface area (Å²) in [5, 5.41) is 10.5. The molecule has 0 spiro atoms. The molecule has 9 heteroatoms. The Bertz CT molecular complexity index is 717. The van der Waals surface area contributed by atoms with Gasteiger partial charge in [-0.3, -0.25) is 9.48 Å². The number of guanidine groups is 1. The fraction of sp³-hybridized carbons (Fsp3) is 0.421. The van der Waals surface area contributed by atoms with Crippen LogP contribution in [0.1, 0.15) is 12.0 Å². The molecule has 0 bridgehead atoms. The Morgan fingerprint density at radius 1 is 1.25 bits per heavy atom. The highest BCUT2D eigenvalue weighted by Crippen LogP contribution is 2.11. The SMILES string of the molecule is COc1ccc(CN=C(NCCCn2cccn2)NCC(=O)N(C)C)cc1.I. The van der Waals surface area contributed by atoms with Gasteiger partial charge < -0.3 is 20.3 Å². The number of aromatic nitrogens is 2. The standard InChI is InChI=1S/C19H28N6O2.HI/c1-24(2)18(26)15-22-19(20-10-4-12-25-13-5-11-23-25)21-14-16-6-8-17(27-3)9-7-16;/h5-9,11,13H,4,10,12,14-15H2,1-3H3,(H2,20,21,22);1H. The minimum atomic E-state index is -0.00881. The van der Waals surface area contributed by atoms with Crippen LogP contribution >= 0.6 is 24.0 Å². The Morgan fingerprint density at radius 2 is 2.00 bits per heavy atom. The van der Waals surface area contributed by atoms with Crippen molar-refractivity contribution in [2.24, 2.45) is 4.99 Å². The van der Waals surface area contributed by atoms with Gasteiger partial charge in [0.25, 0.3) is 0 Å². The fourth-order valence-corrected chi connectivity index (χ4v) is 2.27. The monoisotopic (exact) mass is 500 g/mol. The fourth-order valence-electron chi connectivity index (χ4n) is 2.27. The molecular weight excluding hydrogens is 471 g/mol. The van der Waals surface area contributed by atoms with Crippen LogP contribution in [0, 0.1) is 0 Å². The number of benzene rings is 1. The van der Waals surface area contributed by atoms with Gasteiger partial charge >= 0.3 is 0 Å². The zero-order chi connectivity index (χ0) is 19.5. The highest BCUT2D eigenvalue weighted by atomic mass is 127. The number of hydrogen-bond donors (Lipinski definition) is 2. The molecule has 28 heavy (non-hydrogen) atoms. The lowest BCUT2D eigenvalue weighted by Crippen LogP contribution is -2.43. The zero-order valence-corrected chi connectivity index (χ0v) is 18.9. The number of aryl methyl sites for hydroxylation is 1. The van der Waals surface area contributed by atoms with Crippen LogP contribution in [-0.4, -0.2) is 60.8 Å². The minimum Gasteiger partial charge on any atom is -0.497 e. The molecule has 0 atom stereocenters. The third-order valence-electron chi connectivity index (χ3n) is 3.90. The van der Waals surface area contributed by atoms with Crippen molar-refractivity contribution in [3.05, 3.63) is 48.3 Å². The highest BCUT2D eigenvalue weighted by molar-refractivity contribution is 14.0. The number of nitrogens with one attached hydrogen (secondary N) is 2. The molecule has 0 aliphatic rings. The second-order valence-electron chi connectivity index (χ2n) is 6.20. The first-order valence-electron chi connectivity index (χ1n) is 8.91. The number of nitrogens with zero attached hydrogens (tertiary/aromatic N) is 4. The average Bonchev–Trinajstić information content (AvgIpc) is 3.20. The Balaban J connectivity index is 0.00000392. The first-order chi connectivity index (χ1) is 13.1. The average molecular weight is 500 g/mol. The van der Waals surface area contributed by atoms with E-state index >= 15 is 0 Å². The van der Waals surface area contributed by atoms with Gasteiger partial charge in [-0.25, -0.2) is 4.99 Å². The largest absolute Gasteiger partial charge is 0.497 e. The first kappa shape index (κ1) is 23.7. The molecule has 0 aliphatic carbocycles. The second kappa shape index (κ2) is 13.0. The van der Waals surface area contributed by atoms with Crippen molar-refractivity contribution >= 4 is 35.8 Å². The topological polar surface area (TPSA) is 83.8 Å². The number of halogens is 1. The van der Waals surface area contributed by atoms with Gasteiger partial charge in [0.15, 0.2) is 5.96 Å². The van der Waals surface area contributed by atoms with Gasteiger partial charge in [0.05, 0.1) is 20.2 Å². The van der Waals surface area contributed by atoms with E-state index in [2.05, 4.69) is 20.7 Å². The second-order valence-corrected chi connectivity index (χ2v) is 6.20. The summed E-state index contributed by atoms with van der Waals surface area (Å²) >= 11 is 0. The van der Waals surface area contributed by atoms with Crippen LogP contribution in [0.25, 0.3) is 0 Å². The van der Waals surface area contributed by atoms with Crippen LogP contribution in [0.2, 0.25) is 0 Å². The number of hydrogen-bond acceptors (Lipinski definition) is 4. The number of aliphatic imine (C=N–C) groups is 1. The van der Waals surface area contributed by atoms with E-state index in [1.165, 1.54) is 0 Å². The van der Waals surface area contributed by atoms with Crippen LogP contribution in [0.15, 0.2) is 47.7 Å². The molecule has 154 valence electrons. The maximum Gasteiger partial charge on any atom is 0.241 e. The van der Waals surface area contributed by atoms with Gasteiger partial charge in [-0.05, 0) is 30.2 Å². The van der Waals surface area contributed by atoms with E-state index in [4.69, 9.17) is 4.74 Å². The maximum absolute atomic E-state index is 11.8. The molecule has 2 rings (SSSR count). The van der Waals surface area contributed by atoms with Gasteiger partial charge in [0, 0.05) is 39.6 Å². The summed E-state index contributed by atoms with van der Waals surface area (Å²) in [6.07, 6.45) is 4.60. The minimum absolute atomic E-state index is 0. The van der Waals surface area contributed by atoms with Gasteiger partial charge in [-0.2, -0.15) is 5.10 Å². The lowest BCUT2D eigenvalue weighted by Gasteiger charge is -2.15. The van der Waals surface area contributed by atoms with Gasteiger partial charge in [0.2, 0.25) is 5.91 Å². The Kier molecular flexibility index (Phi) is 11.0. The Hall–Kier alpha value is -2.30. The van der Waals surface area contributed by atoms with Crippen molar-refractivity contribution in [2.45, 2.75) is 19.5 Å². The first-order valence-corrected chi connectivity index (χ1v) is 8.91. The zero-order valence-electron chi connectivity index (χ0n) is 16.6. The molecule has 1 heterocycles. The van der Waals surface area contributed by atoms with Crippen LogP contribution < -0.4 is 15.4 Å². The van der Waals surface area contributed by atoms with Crippen LogP contribution in [0.4, 0.5) is 0 Å². The third kappa shape index (κ3) is 8.59. The van der Waals surface area contributed by atoms with Gasteiger partial charge in [0.1, 0.15) is 5.75 Å². The summed E-state index contributed by atoms with van der Waals surface area (Å²) in [5.41, 5.74) is 1.06. The lowest BCUT2D eigenvalue weighted by atomic mass is 10.2. The van der Waals surface area contributed by atoms with Crippen molar-refractivity contribution in [1.82, 2.24) is 25.3 Å². The number of carbonyl (C=O) groups is 1. The molecule has 0 fully saturated rings. The van der Waals surface area contributed by atoms with Gasteiger partial charge in [-0.15, -0.1) is 24.0 Å². The lowest BCUT2D eigenvalue weighted by molar-refractivity contribution is -0.127. The van der Waals surface area contributed by atoms with E-state index in [0.717, 1.165) is 30.8 Å². The smallest absolute Gasteiger partial charge is 0.241 e. The predicted molar refractivity (Wildman–Crippen MR) is 121 cm³/mol. The molecular formula is C19H29IN6O2. The molecule has 1 aromatic heterocycles. The highest BCUT2D eigenvalue weighted by Gasteiger charge is 2.06. The number of likely N-dealkylation sites (N-methyl/N-ethyl adjacent to an activating group) is 1. The quantitative estimate of drug-likeness (QED) is 0.237.